The van der Waals surface area contributed by atoms with Crippen molar-refractivity contribution in [2.24, 2.45) is 0 Å². The number of fused-ring (bicyclic) bond motifs is 1. The highest BCUT2D eigenvalue weighted by molar-refractivity contribution is 5.94. The second-order valence-corrected chi connectivity index (χ2v) is 4.86. The fourth-order valence-corrected chi connectivity index (χ4v) is 2.16. The number of rotatable bonds is 4. The van der Waals surface area contributed by atoms with Crippen molar-refractivity contribution in [1.82, 2.24) is 4.98 Å². The van der Waals surface area contributed by atoms with Gasteiger partial charge in [0.25, 0.3) is 5.91 Å². The first-order valence-corrected chi connectivity index (χ1v) is 7.03. The van der Waals surface area contributed by atoms with Crippen LogP contribution in [0.25, 0.3) is 10.9 Å². The Morgan fingerprint density at radius 1 is 1.17 bits per heavy atom. The van der Waals surface area contributed by atoms with Gasteiger partial charge in [0, 0.05) is 5.39 Å². The Balaban J connectivity index is 1.65. The Morgan fingerprint density at radius 3 is 2.83 bits per heavy atom. The van der Waals surface area contributed by atoms with Crippen molar-refractivity contribution in [2.45, 2.75) is 0 Å². The summed E-state index contributed by atoms with van der Waals surface area (Å²) in [6.07, 6.45) is 1.60. The van der Waals surface area contributed by atoms with Crippen LogP contribution in [-0.2, 0) is 4.79 Å². The maximum atomic E-state index is 12.0. The number of carbonyl (C=O) groups excluding carboxylic acids is 1. The van der Waals surface area contributed by atoms with E-state index in [0.29, 0.717) is 17.0 Å². The molecular formula is C18H13N3O2. The average Bonchev–Trinajstić information content (AvgIpc) is 2.60. The van der Waals surface area contributed by atoms with Crippen LogP contribution in [0.15, 0.2) is 60.8 Å². The van der Waals surface area contributed by atoms with E-state index >= 15 is 0 Å². The van der Waals surface area contributed by atoms with Gasteiger partial charge in [0.2, 0.25) is 0 Å². The van der Waals surface area contributed by atoms with E-state index in [1.165, 1.54) is 0 Å². The van der Waals surface area contributed by atoms with E-state index in [9.17, 15) is 4.79 Å². The summed E-state index contributed by atoms with van der Waals surface area (Å²) in [7, 11) is 0. The summed E-state index contributed by atoms with van der Waals surface area (Å²) in [6, 6.07) is 18.3. The first-order valence-electron chi connectivity index (χ1n) is 7.03. The minimum absolute atomic E-state index is 0.175. The van der Waals surface area contributed by atoms with Crippen LogP contribution in [0.5, 0.6) is 5.75 Å². The van der Waals surface area contributed by atoms with Crippen molar-refractivity contribution >= 4 is 22.5 Å². The first kappa shape index (κ1) is 14.5. The Kier molecular flexibility index (Phi) is 4.16. The summed E-state index contributed by atoms with van der Waals surface area (Å²) < 4.78 is 5.39. The largest absolute Gasteiger partial charge is 0.482 e. The summed E-state index contributed by atoms with van der Waals surface area (Å²) in [5, 5.41) is 12.7. The highest BCUT2D eigenvalue weighted by Gasteiger charge is 2.07. The number of nitriles is 1. The number of hydrogen-bond acceptors (Lipinski definition) is 4. The van der Waals surface area contributed by atoms with Gasteiger partial charge in [-0.3, -0.25) is 9.78 Å². The van der Waals surface area contributed by atoms with Crippen molar-refractivity contribution < 1.29 is 9.53 Å². The lowest BCUT2D eigenvalue weighted by molar-refractivity contribution is -0.118. The Labute approximate surface area is 133 Å². The fourth-order valence-electron chi connectivity index (χ4n) is 2.16. The number of pyridine rings is 1. The van der Waals surface area contributed by atoms with Gasteiger partial charge in [-0.25, -0.2) is 0 Å². The van der Waals surface area contributed by atoms with Crippen LogP contribution in [0.3, 0.4) is 0 Å². The van der Waals surface area contributed by atoms with Crippen molar-refractivity contribution in [2.75, 3.05) is 11.9 Å². The van der Waals surface area contributed by atoms with Crippen LogP contribution in [0.2, 0.25) is 0 Å². The molecule has 3 aromatic rings. The molecule has 0 aliphatic heterocycles. The van der Waals surface area contributed by atoms with Gasteiger partial charge in [0.05, 0.1) is 23.0 Å². The molecule has 0 saturated heterocycles. The molecule has 1 heterocycles. The van der Waals surface area contributed by atoms with Gasteiger partial charge in [0.1, 0.15) is 11.8 Å². The van der Waals surface area contributed by atoms with Gasteiger partial charge in [-0.15, -0.1) is 0 Å². The molecular weight excluding hydrogens is 290 g/mol. The smallest absolute Gasteiger partial charge is 0.262 e. The summed E-state index contributed by atoms with van der Waals surface area (Å²) in [5.74, 6) is 0.0802. The molecule has 3 rings (SSSR count). The molecule has 112 valence electrons. The molecule has 0 radical (unpaired) electrons. The van der Waals surface area contributed by atoms with Crippen LogP contribution < -0.4 is 10.1 Å². The number of para-hydroxylation sites is 2. The van der Waals surface area contributed by atoms with Crippen molar-refractivity contribution in [3.63, 3.8) is 0 Å². The molecule has 1 amide bonds. The van der Waals surface area contributed by atoms with Crippen LogP contribution in [-0.4, -0.2) is 17.5 Å². The molecule has 0 atom stereocenters. The van der Waals surface area contributed by atoms with Crippen molar-refractivity contribution in [3.8, 4) is 11.8 Å². The topological polar surface area (TPSA) is 75.0 Å². The normalized spacial score (nSPS) is 10.0. The van der Waals surface area contributed by atoms with Gasteiger partial charge >= 0.3 is 0 Å². The minimum atomic E-state index is -0.310. The van der Waals surface area contributed by atoms with Gasteiger partial charge in [0.15, 0.2) is 6.61 Å². The molecule has 23 heavy (non-hydrogen) atoms. The molecule has 0 saturated carbocycles. The lowest BCUT2D eigenvalue weighted by Crippen LogP contribution is -2.20. The Hall–Kier alpha value is -3.39. The van der Waals surface area contributed by atoms with Crippen LogP contribution >= 0.6 is 0 Å². The van der Waals surface area contributed by atoms with Gasteiger partial charge in [-0.1, -0.05) is 30.3 Å². The standard InChI is InChI=1S/C18H13N3O2/c19-10-14-6-2-4-8-17(14)23-12-18(22)21-15-9-13-5-1-3-7-16(13)20-11-15/h1-9,11H,12H2,(H,21,22). The molecule has 1 N–H and O–H groups in total. The van der Waals surface area contributed by atoms with Gasteiger partial charge in [-0.05, 0) is 24.3 Å². The maximum absolute atomic E-state index is 12.0. The number of benzene rings is 2. The Bertz CT molecular complexity index is 900. The quantitative estimate of drug-likeness (QED) is 0.803. The summed E-state index contributed by atoms with van der Waals surface area (Å²) >= 11 is 0. The summed E-state index contributed by atoms with van der Waals surface area (Å²) in [5.41, 5.74) is 1.86. The average molecular weight is 303 g/mol. The van der Waals surface area contributed by atoms with Crippen molar-refractivity contribution in [3.05, 3.63) is 66.4 Å². The van der Waals surface area contributed by atoms with E-state index in [0.717, 1.165) is 10.9 Å². The highest BCUT2D eigenvalue weighted by atomic mass is 16.5. The predicted octanol–water partition coefficient (Wildman–Crippen LogP) is 3.12. The molecule has 0 spiro atoms. The lowest BCUT2D eigenvalue weighted by atomic mass is 10.2. The van der Waals surface area contributed by atoms with E-state index < -0.39 is 0 Å². The number of ether oxygens (including phenoxy) is 1. The fraction of sp³-hybridized carbons (Fsp3) is 0.0556. The molecule has 0 aliphatic rings. The third-order valence-electron chi connectivity index (χ3n) is 3.24. The number of anilines is 1. The predicted molar refractivity (Wildman–Crippen MR) is 87.0 cm³/mol. The van der Waals surface area contributed by atoms with Gasteiger partial charge in [-0.2, -0.15) is 5.26 Å². The second-order valence-electron chi connectivity index (χ2n) is 4.86. The molecule has 0 unspecified atom stereocenters. The zero-order chi connectivity index (χ0) is 16.1. The maximum Gasteiger partial charge on any atom is 0.262 e. The summed E-state index contributed by atoms with van der Waals surface area (Å²) in [4.78, 5) is 16.3. The monoisotopic (exact) mass is 303 g/mol. The SMILES string of the molecule is N#Cc1ccccc1OCC(=O)Nc1cnc2ccccc2c1. The van der Waals surface area contributed by atoms with Crippen LogP contribution in [0, 0.1) is 11.3 Å². The summed E-state index contributed by atoms with van der Waals surface area (Å²) in [6.45, 7) is -0.175. The third-order valence-corrected chi connectivity index (χ3v) is 3.24. The number of amides is 1. The number of hydrogen-bond donors (Lipinski definition) is 1. The molecule has 0 bridgehead atoms. The zero-order valence-electron chi connectivity index (χ0n) is 12.2. The molecule has 5 heteroatoms. The number of nitrogens with zero attached hydrogens (tertiary/aromatic N) is 2. The van der Waals surface area contributed by atoms with E-state index in [4.69, 9.17) is 10.00 Å². The molecule has 2 aromatic carbocycles. The van der Waals surface area contributed by atoms with E-state index in [2.05, 4.69) is 10.3 Å². The molecule has 0 aliphatic carbocycles. The number of nitrogens with one attached hydrogen (secondary N) is 1. The second kappa shape index (κ2) is 6.58. The molecule has 1 aromatic heterocycles. The lowest BCUT2D eigenvalue weighted by Gasteiger charge is -2.09. The first-order chi connectivity index (χ1) is 11.3. The van der Waals surface area contributed by atoms with Crippen LogP contribution in [0.4, 0.5) is 5.69 Å². The minimum Gasteiger partial charge on any atom is -0.482 e. The zero-order valence-corrected chi connectivity index (χ0v) is 12.2. The molecule has 5 nitrogen and oxygen atoms in total. The van der Waals surface area contributed by atoms with Crippen molar-refractivity contribution in [1.29, 1.82) is 5.26 Å². The highest BCUT2D eigenvalue weighted by Crippen LogP contribution is 2.18. The third kappa shape index (κ3) is 3.44. The van der Waals surface area contributed by atoms with E-state index in [1.54, 1.807) is 30.5 Å². The molecule has 0 fully saturated rings. The number of carbonyl (C=O) groups is 1. The van der Waals surface area contributed by atoms with Crippen LogP contribution in [0.1, 0.15) is 5.56 Å². The van der Waals surface area contributed by atoms with E-state index in [1.807, 2.05) is 36.4 Å². The Morgan fingerprint density at radius 2 is 1.96 bits per heavy atom. The van der Waals surface area contributed by atoms with E-state index in [-0.39, 0.29) is 12.5 Å². The number of aromatic nitrogens is 1. The van der Waals surface area contributed by atoms with Gasteiger partial charge < -0.3 is 10.1 Å².